The Morgan fingerprint density at radius 3 is 2.38 bits per heavy atom. The van der Waals surface area contributed by atoms with Crippen LogP contribution in [0.1, 0.15) is 63.0 Å². The molecule has 0 atom stereocenters. The topological polar surface area (TPSA) is 25.8 Å². The van der Waals surface area contributed by atoms with E-state index in [4.69, 9.17) is 0 Å². The summed E-state index contributed by atoms with van der Waals surface area (Å²) in [6.07, 6.45) is 5.76. The van der Waals surface area contributed by atoms with Gasteiger partial charge in [0.25, 0.3) is 0 Å². The molecule has 2 nitrogen and oxygen atoms in total. The first-order chi connectivity index (χ1) is 7.68. The van der Waals surface area contributed by atoms with E-state index in [0.717, 1.165) is 22.7 Å². The molecular formula is C14H22N2. The maximum atomic E-state index is 4.54. The molecule has 16 heavy (non-hydrogen) atoms. The number of nitrogens with zero attached hydrogens (tertiary/aromatic N) is 2. The van der Waals surface area contributed by atoms with Gasteiger partial charge in [0.05, 0.1) is 0 Å². The van der Waals surface area contributed by atoms with Crippen molar-refractivity contribution in [2.24, 2.45) is 0 Å². The summed E-state index contributed by atoms with van der Waals surface area (Å²) in [7, 11) is 0. The van der Waals surface area contributed by atoms with Gasteiger partial charge in [0.2, 0.25) is 0 Å². The van der Waals surface area contributed by atoms with Crippen molar-refractivity contribution in [3.8, 4) is 0 Å². The van der Waals surface area contributed by atoms with Crippen LogP contribution in [0.25, 0.3) is 5.57 Å². The predicted molar refractivity (Wildman–Crippen MR) is 69.4 cm³/mol. The van der Waals surface area contributed by atoms with Gasteiger partial charge in [-0.1, -0.05) is 26.8 Å². The molecule has 1 aliphatic carbocycles. The Morgan fingerprint density at radius 1 is 1.38 bits per heavy atom. The smallest absolute Gasteiger partial charge is 0.131 e. The second-order valence-corrected chi connectivity index (χ2v) is 4.14. The van der Waals surface area contributed by atoms with Gasteiger partial charge in [0.15, 0.2) is 0 Å². The summed E-state index contributed by atoms with van der Waals surface area (Å²) in [4.78, 5) is 8.96. The van der Waals surface area contributed by atoms with E-state index in [0.29, 0.717) is 5.92 Å². The summed E-state index contributed by atoms with van der Waals surface area (Å²) < 4.78 is 0. The molecule has 1 aromatic heterocycles. The normalized spacial score (nSPS) is 14.8. The van der Waals surface area contributed by atoms with Gasteiger partial charge in [-0.25, -0.2) is 9.97 Å². The fraction of sp³-hybridized carbons (Fsp3) is 0.571. The molecule has 0 N–H and O–H groups in total. The van der Waals surface area contributed by atoms with E-state index in [-0.39, 0.29) is 0 Å². The zero-order valence-electron chi connectivity index (χ0n) is 10.9. The van der Waals surface area contributed by atoms with Crippen molar-refractivity contribution in [2.75, 3.05) is 0 Å². The van der Waals surface area contributed by atoms with Gasteiger partial charge in [-0.15, -0.1) is 0 Å². The van der Waals surface area contributed by atoms with E-state index in [9.17, 15) is 0 Å². The highest BCUT2D eigenvalue weighted by Gasteiger charge is 2.22. The van der Waals surface area contributed by atoms with Crippen molar-refractivity contribution in [3.63, 3.8) is 0 Å². The van der Waals surface area contributed by atoms with Crippen LogP contribution in [0.4, 0.5) is 0 Å². The van der Waals surface area contributed by atoms with E-state index < -0.39 is 0 Å². The van der Waals surface area contributed by atoms with Crippen molar-refractivity contribution in [3.05, 3.63) is 29.9 Å². The Morgan fingerprint density at radius 2 is 2.00 bits per heavy atom. The average Bonchev–Trinajstić information content (AvgIpc) is 2.17. The molecule has 1 heterocycles. The zero-order valence-corrected chi connectivity index (χ0v) is 10.9. The standard InChI is InChI=1S/C12H16N2.C2H6/c1-8(2)11-7-13-12(14-9(11)3)10-5-4-6-10;1-2/h7,10H,1,4-6H2,2-3H3;1-2H3. The summed E-state index contributed by atoms with van der Waals surface area (Å²) in [5, 5.41) is 0. The lowest BCUT2D eigenvalue weighted by molar-refractivity contribution is 0.400. The molecule has 2 heteroatoms. The summed E-state index contributed by atoms with van der Waals surface area (Å²) >= 11 is 0. The Bertz CT molecular complexity index is 365. The molecule has 0 bridgehead atoms. The van der Waals surface area contributed by atoms with Crippen LogP contribution in [0.2, 0.25) is 0 Å². The number of aromatic nitrogens is 2. The third kappa shape index (κ3) is 2.69. The van der Waals surface area contributed by atoms with E-state index in [1.165, 1.54) is 19.3 Å². The Kier molecular flexibility index (Phi) is 4.66. The molecule has 1 aliphatic rings. The van der Waals surface area contributed by atoms with Gasteiger partial charge < -0.3 is 0 Å². The lowest BCUT2D eigenvalue weighted by Gasteiger charge is -2.24. The van der Waals surface area contributed by atoms with E-state index in [2.05, 4.69) is 16.5 Å². The van der Waals surface area contributed by atoms with E-state index in [1.54, 1.807) is 0 Å². The number of hydrogen-bond acceptors (Lipinski definition) is 2. The Balaban J connectivity index is 0.000000606. The molecule has 1 saturated carbocycles. The third-order valence-electron chi connectivity index (χ3n) is 2.93. The summed E-state index contributed by atoms with van der Waals surface area (Å²) in [5.41, 5.74) is 3.20. The van der Waals surface area contributed by atoms with Gasteiger partial charge in [0, 0.05) is 23.4 Å². The van der Waals surface area contributed by atoms with Gasteiger partial charge in [-0.2, -0.15) is 0 Å². The Labute approximate surface area is 98.8 Å². The van der Waals surface area contributed by atoms with Crippen LogP contribution in [-0.4, -0.2) is 9.97 Å². The highest BCUT2D eigenvalue weighted by molar-refractivity contribution is 5.62. The molecule has 0 unspecified atom stereocenters. The lowest BCUT2D eigenvalue weighted by Crippen LogP contribution is -2.13. The zero-order chi connectivity index (χ0) is 12.1. The molecule has 0 aliphatic heterocycles. The van der Waals surface area contributed by atoms with Gasteiger partial charge >= 0.3 is 0 Å². The lowest BCUT2D eigenvalue weighted by atomic mass is 9.85. The molecule has 0 radical (unpaired) electrons. The summed E-state index contributed by atoms with van der Waals surface area (Å²) in [5.74, 6) is 1.65. The maximum absolute atomic E-state index is 4.54. The monoisotopic (exact) mass is 218 g/mol. The van der Waals surface area contributed by atoms with Crippen molar-refractivity contribution in [1.29, 1.82) is 0 Å². The van der Waals surface area contributed by atoms with Crippen LogP contribution in [0, 0.1) is 6.92 Å². The molecule has 0 saturated heterocycles. The van der Waals surface area contributed by atoms with E-state index in [1.807, 2.05) is 33.9 Å². The van der Waals surface area contributed by atoms with Crippen LogP contribution in [0.5, 0.6) is 0 Å². The second-order valence-electron chi connectivity index (χ2n) is 4.14. The minimum atomic E-state index is 0.618. The SMILES string of the molecule is C=C(C)c1cnc(C2CCC2)nc1C.CC. The third-order valence-corrected chi connectivity index (χ3v) is 2.93. The number of hydrogen-bond donors (Lipinski definition) is 0. The van der Waals surface area contributed by atoms with Gasteiger partial charge in [-0.3, -0.25) is 0 Å². The van der Waals surface area contributed by atoms with Crippen molar-refractivity contribution >= 4 is 5.57 Å². The van der Waals surface area contributed by atoms with Gasteiger partial charge in [0.1, 0.15) is 5.82 Å². The number of allylic oxidation sites excluding steroid dienone is 1. The van der Waals surface area contributed by atoms with Crippen molar-refractivity contribution in [2.45, 2.75) is 52.9 Å². The molecule has 1 aromatic rings. The van der Waals surface area contributed by atoms with Crippen LogP contribution in [0.15, 0.2) is 12.8 Å². The summed E-state index contributed by atoms with van der Waals surface area (Å²) in [6.45, 7) is 11.9. The highest BCUT2D eigenvalue weighted by atomic mass is 14.9. The molecule has 0 spiro atoms. The molecular weight excluding hydrogens is 196 g/mol. The molecule has 0 aromatic carbocycles. The van der Waals surface area contributed by atoms with Crippen LogP contribution in [-0.2, 0) is 0 Å². The summed E-state index contributed by atoms with van der Waals surface area (Å²) in [6, 6.07) is 0. The molecule has 0 amide bonds. The minimum Gasteiger partial charge on any atom is -0.240 e. The quantitative estimate of drug-likeness (QED) is 0.746. The minimum absolute atomic E-state index is 0.618. The van der Waals surface area contributed by atoms with Gasteiger partial charge in [-0.05, 0) is 32.3 Å². The number of aryl methyl sites for hydroxylation is 1. The van der Waals surface area contributed by atoms with E-state index >= 15 is 0 Å². The predicted octanol–water partition coefficient (Wildman–Crippen LogP) is 4.11. The largest absolute Gasteiger partial charge is 0.240 e. The molecule has 88 valence electrons. The highest BCUT2D eigenvalue weighted by Crippen LogP contribution is 2.34. The van der Waals surface area contributed by atoms with Crippen LogP contribution in [0.3, 0.4) is 0 Å². The maximum Gasteiger partial charge on any atom is 0.131 e. The van der Waals surface area contributed by atoms with Crippen molar-refractivity contribution < 1.29 is 0 Å². The molecule has 2 rings (SSSR count). The second kappa shape index (κ2) is 5.78. The van der Waals surface area contributed by atoms with Crippen molar-refractivity contribution in [1.82, 2.24) is 9.97 Å². The van der Waals surface area contributed by atoms with Crippen LogP contribution >= 0.6 is 0 Å². The Hall–Kier alpha value is -1.18. The first-order valence-electron chi connectivity index (χ1n) is 6.18. The first-order valence-corrected chi connectivity index (χ1v) is 6.18. The first kappa shape index (κ1) is 12.9. The fourth-order valence-electron chi connectivity index (χ4n) is 1.77. The number of rotatable bonds is 2. The average molecular weight is 218 g/mol. The fourth-order valence-corrected chi connectivity index (χ4v) is 1.77. The van der Waals surface area contributed by atoms with Crippen LogP contribution < -0.4 is 0 Å². The molecule has 1 fully saturated rings.